The zero-order chi connectivity index (χ0) is 7.98. The van der Waals surface area contributed by atoms with Gasteiger partial charge in [0.1, 0.15) is 0 Å². The largest absolute Gasteiger partial charge is 0.308 e. The molecular weight excluding hydrogens is 146 g/mol. The van der Waals surface area contributed by atoms with Crippen molar-refractivity contribution >= 4 is 17.8 Å². The highest BCUT2D eigenvalue weighted by Crippen LogP contribution is 2.06. The van der Waals surface area contributed by atoms with Crippen molar-refractivity contribution in [2.45, 2.75) is 20.3 Å². The highest BCUT2D eigenvalue weighted by molar-refractivity contribution is 6.31. The van der Waals surface area contributed by atoms with Gasteiger partial charge in [0, 0.05) is 11.2 Å². The Morgan fingerprint density at radius 3 is 2.60 bits per heavy atom. The van der Waals surface area contributed by atoms with Gasteiger partial charge in [-0.3, -0.25) is 0 Å². The minimum absolute atomic E-state index is 0.712. The van der Waals surface area contributed by atoms with Crippen molar-refractivity contribution < 1.29 is 0 Å². The monoisotopic (exact) mass is 157 g/mol. The lowest BCUT2D eigenvalue weighted by Crippen LogP contribution is -1.74. The third-order valence-electron chi connectivity index (χ3n) is 0.992. The summed E-state index contributed by atoms with van der Waals surface area (Å²) in [5.41, 5.74) is 0.870. The van der Waals surface area contributed by atoms with E-state index in [4.69, 9.17) is 17.0 Å². The van der Waals surface area contributed by atoms with Crippen molar-refractivity contribution in [3.05, 3.63) is 22.8 Å². The maximum absolute atomic E-state index is 6.86. The second-order valence-electron chi connectivity index (χ2n) is 2.03. The first-order valence-electron chi connectivity index (χ1n) is 3.25. The van der Waals surface area contributed by atoms with E-state index in [1.165, 1.54) is 6.21 Å². The van der Waals surface area contributed by atoms with E-state index in [0.717, 1.165) is 12.0 Å². The molecule has 0 atom stereocenters. The standard InChI is InChI=1S/C8H12ClN/c1-3-4-8(9)5-7(2)6-10/h4-6,10H,3H2,1-2H3/b7-5-,8-4-,10-6?. The molecule has 0 rings (SSSR count). The summed E-state index contributed by atoms with van der Waals surface area (Å²) in [4.78, 5) is 0. The highest BCUT2D eigenvalue weighted by Gasteiger charge is 1.84. The Hall–Kier alpha value is -0.560. The molecule has 56 valence electrons. The van der Waals surface area contributed by atoms with Crippen LogP contribution in [0.3, 0.4) is 0 Å². The fourth-order valence-electron chi connectivity index (χ4n) is 0.513. The molecule has 0 saturated heterocycles. The summed E-state index contributed by atoms with van der Waals surface area (Å²) >= 11 is 5.74. The molecule has 0 bridgehead atoms. The van der Waals surface area contributed by atoms with E-state index in [9.17, 15) is 0 Å². The van der Waals surface area contributed by atoms with Crippen LogP contribution in [-0.4, -0.2) is 6.21 Å². The number of halogens is 1. The summed E-state index contributed by atoms with van der Waals surface area (Å²) < 4.78 is 0. The molecule has 0 aliphatic heterocycles. The number of hydrogen-bond donors (Lipinski definition) is 1. The fourth-order valence-corrected chi connectivity index (χ4v) is 0.839. The molecule has 2 heteroatoms. The van der Waals surface area contributed by atoms with Gasteiger partial charge < -0.3 is 5.41 Å². The van der Waals surface area contributed by atoms with Gasteiger partial charge in [-0.05, 0) is 25.0 Å². The van der Waals surface area contributed by atoms with Crippen LogP contribution in [0.25, 0.3) is 0 Å². The van der Waals surface area contributed by atoms with Gasteiger partial charge >= 0.3 is 0 Å². The molecule has 0 aromatic carbocycles. The third kappa shape index (κ3) is 4.33. The summed E-state index contributed by atoms with van der Waals surface area (Å²) in [5.74, 6) is 0. The van der Waals surface area contributed by atoms with Gasteiger partial charge in [-0.2, -0.15) is 0 Å². The predicted molar refractivity (Wildman–Crippen MR) is 46.8 cm³/mol. The van der Waals surface area contributed by atoms with Crippen LogP contribution < -0.4 is 0 Å². The number of hydrogen-bond acceptors (Lipinski definition) is 1. The Morgan fingerprint density at radius 1 is 1.60 bits per heavy atom. The predicted octanol–water partition coefficient (Wildman–Crippen LogP) is 3.11. The lowest BCUT2D eigenvalue weighted by atomic mass is 10.3. The first-order valence-corrected chi connectivity index (χ1v) is 3.63. The Kier molecular flexibility index (Phi) is 4.95. The van der Waals surface area contributed by atoms with Crippen LogP contribution >= 0.6 is 11.6 Å². The molecule has 0 aliphatic carbocycles. The maximum Gasteiger partial charge on any atom is 0.0369 e. The van der Waals surface area contributed by atoms with Gasteiger partial charge in [-0.25, -0.2) is 0 Å². The maximum atomic E-state index is 6.86. The van der Waals surface area contributed by atoms with Crippen molar-refractivity contribution in [2.24, 2.45) is 0 Å². The minimum Gasteiger partial charge on any atom is -0.308 e. The van der Waals surface area contributed by atoms with Crippen molar-refractivity contribution in [1.29, 1.82) is 5.41 Å². The fraction of sp³-hybridized carbons (Fsp3) is 0.375. The van der Waals surface area contributed by atoms with E-state index in [1.54, 1.807) is 6.08 Å². The first kappa shape index (κ1) is 9.44. The van der Waals surface area contributed by atoms with Crippen LogP contribution in [0.1, 0.15) is 20.3 Å². The molecule has 0 radical (unpaired) electrons. The lowest BCUT2D eigenvalue weighted by Gasteiger charge is -1.89. The molecule has 0 spiro atoms. The SMILES string of the molecule is CC/C=C(Cl)/C=C(/C)C=N. The van der Waals surface area contributed by atoms with Crippen molar-refractivity contribution in [1.82, 2.24) is 0 Å². The van der Waals surface area contributed by atoms with E-state index in [1.807, 2.05) is 19.9 Å². The minimum atomic E-state index is 0.712. The Bertz CT molecular complexity index is 168. The average molecular weight is 158 g/mol. The third-order valence-corrected chi connectivity index (χ3v) is 1.26. The molecule has 0 aliphatic rings. The van der Waals surface area contributed by atoms with Crippen LogP contribution in [0.15, 0.2) is 22.8 Å². The summed E-state index contributed by atoms with van der Waals surface area (Å²) in [6.45, 7) is 3.87. The highest BCUT2D eigenvalue weighted by atomic mass is 35.5. The Balaban J connectivity index is 4.11. The van der Waals surface area contributed by atoms with Gasteiger partial charge in [0.2, 0.25) is 0 Å². The van der Waals surface area contributed by atoms with Gasteiger partial charge in [0.15, 0.2) is 0 Å². The summed E-state index contributed by atoms with van der Waals surface area (Å²) in [6.07, 6.45) is 5.90. The number of allylic oxidation sites excluding steroid dienone is 4. The second-order valence-corrected chi connectivity index (χ2v) is 2.47. The molecule has 0 fully saturated rings. The van der Waals surface area contributed by atoms with Crippen molar-refractivity contribution in [2.75, 3.05) is 0 Å². The number of nitrogens with one attached hydrogen (secondary N) is 1. The number of rotatable bonds is 3. The van der Waals surface area contributed by atoms with E-state index in [-0.39, 0.29) is 0 Å². The first-order chi connectivity index (χ1) is 4.70. The van der Waals surface area contributed by atoms with Crippen molar-refractivity contribution in [3.8, 4) is 0 Å². The molecule has 0 aromatic heterocycles. The molecule has 0 saturated carbocycles. The molecule has 0 heterocycles. The lowest BCUT2D eigenvalue weighted by molar-refractivity contribution is 1.22. The zero-order valence-corrected chi connectivity index (χ0v) is 7.07. The van der Waals surface area contributed by atoms with E-state index in [0.29, 0.717) is 5.03 Å². The van der Waals surface area contributed by atoms with Crippen LogP contribution in [0.5, 0.6) is 0 Å². The smallest absolute Gasteiger partial charge is 0.0369 e. The molecular formula is C8H12ClN. The average Bonchev–Trinajstić information content (AvgIpc) is 1.88. The van der Waals surface area contributed by atoms with Crippen LogP contribution in [0, 0.1) is 5.41 Å². The van der Waals surface area contributed by atoms with Crippen LogP contribution in [0.4, 0.5) is 0 Å². The quantitative estimate of drug-likeness (QED) is 0.481. The molecule has 0 amide bonds. The molecule has 1 N–H and O–H groups in total. The van der Waals surface area contributed by atoms with Gasteiger partial charge in [0.25, 0.3) is 0 Å². The Labute approximate surface area is 66.9 Å². The Morgan fingerprint density at radius 2 is 2.20 bits per heavy atom. The molecule has 10 heavy (non-hydrogen) atoms. The van der Waals surface area contributed by atoms with Gasteiger partial charge in [0.05, 0.1) is 0 Å². The van der Waals surface area contributed by atoms with Gasteiger partial charge in [-0.15, -0.1) is 0 Å². The van der Waals surface area contributed by atoms with E-state index in [2.05, 4.69) is 0 Å². The summed E-state index contributed by atoms with van der Waals surface area (Å²) in [6, 6.07) is 0. The topological polar surface area (TPSA) is 23.9 Å². The normalized spacial score (nSPS) is 13.5. The van der Waals surface area contributed by atoms with E-state index < -0.39 is 0 Å². The summed E-state index contributed by atoms with van der Waals surface area (Å²) in [5, 5.41) is 7.57. The van der Waals surface area contributed by atoms with E-state index >= 15 is 0 Å². The summed E-state index contributed by atoms with van der Waals surface area (Å²) in [7, 11) is 0. The van der Waals surface area contributed by atoms with Crippen LogP contribution in [0.2, 0.25) is 0 Å². The van der Waals surface area contributed by atoms with Crippen molar-refractivity contribution in [3.63, 3.8) is 0 Å². The second kappa shape index (κ2) is 5.24. The molecule has 1 nitrogen and oxygen atoms in total. The molecule has 0 unspecified atom stereocenters. The molecule has 0 aromatic rings. The van der Waals surface area contributed by atoms with Gasteiger partial charge in [-0.1, -0.05) is 24.6 Å². The zero-order valence-electron chi connectivity index (χ0n) is 6.32. The van der Waals surface area contributed by atoms with Crippen LogP contribution in [-0.2, 0) is 0 Å².